The summed E-state index contributed by atoms with van der Waals surface area (Å²) < 4.78 is 3.15. The van der Waals surface area contributed by atoms with Crippen molar-refractivity contribution >= 4 is 21.7 Å². The minimum Gasteiger partial charge on any atom is -0.369 e. The lowest BCUT2D eigenvalue weighted by atomic mass is 10.1. The van der Waals surface area contributed by atoms with Crippen molar-refractivity contribution in [2.75, 3.05) is 11.9 Å². The number of fused-ring (bicyclic) bond motifs is 1. The summed E-state index contributed by atoms with van der Waals surface area (Å²) in [6, 6.07) is 8.32. The van der Waals surface area contributed by atoms with E-state index in [4.69, 9.17) is 5.10 Å². The van der Waals surface area contributed by atoms with Gasteiger partial charge < -0.3 is 5.32 Å². The van der Waals surface area contributed by atoms with Gasteiger partial charge in [0.15, 0.2) is 0 Å². The summed E-state index contributed by atoms with van der Waals surface area (Å²) in [4.78, 5) is 0. The van der Waals surface area contributed by atoms with Gasteiger partial charge in [-0.1, -0.05) is 29.3 Å². The molecule has 0 atom stereocenters. The summed E-state index contributed by atoms with van der Waals surface area (Å²) in [5.74, 6) is 1.19. The van der Waals surface area contributed by atoms with Crippen molar-refractivity contribution in [3.05, 3.63) is 40.0 Å². The maximum Gasteiger partial charge on any atom is 0.133 e. The highest BCUT2D eigenvalue weighted by Crippen LogP contribution is 2.29. The molecule has 1 aliphatic rings. The number of rotatable bonds is 4. The molecular formula is C15H18BrN3. The Hall–Kier alpha value is -1.29. The van der Waals surface area contributed by atoms with Crippen LogP contribution in [-0.4, -0.2) is 16.3 Å². The molecule has 1 aromatic carbocycles. The summed E-state index contributed by atoms with van der Waals surface area (Å²) in [6.07, 6.45) is 4.62. The quantitative estimate of drug-likeness (QED) is 0.924. The first kappa shape index (κ1) is 12.7. The zero-order chi connectivity index (χ0) is 13.2. The molecule has 0 radical (unpaired) electrons. The highest BCUT2D eigenvalue weighted by Gasteiger charge is 2.22. The van der Waals surface area contributed by atoms with Crippen molar-refractivity contribution < 1.29 is 0 Å². The fraction of sp³-hybridized carbons (Fsp3) is 0.400. The van der Waals surface area contributed by atoms with Crippen LogP contribution >= 0.6 is 15.9 Å². The van der Waals surface area contributed by atoms with Crippen molar-refractivity contribution in [3.8, 4) is 5.69 Å². The molecule has 1 aromatic heterocycles. The minimum absolute atomic E-state index is 1.03. The molecule has 0 amide bonds. The van der Waals surface area contributed by atoms with Gasteiger partial charge in [0.2, 0.25) is 0 Å². The molecule has 0 saturated heterocycles. The Kier molecular flexibility index (Phi) is 3.60. The molecule has 0 unspecified atom stereocenters. The number of anilines is 1. The molecular weight excluding hydrogens is 302 g/mol. The van der Waals surface area contributed by atoms with E-state index in [1.807, 2.05) is 0 Å². The summed E-state index contributed by atoms with van der Waals surface area (Å²) in [6.45, 7) is 3.26. The number of nitrogens with zero attached hydrogens (tertiary/aromatic N) is 2. The zero-order valence-electron chi connectivity index (χ0n) is 11.1. The van der Waals surface area contributed by atoms with Gasteiger partial charge in [0.1, 0.15) is 5.82 Å². The Morgan fingerprint density at radius 3 is 2.84 bits per heavy atom. The Morgan fingerprint density at radius 1 is 1.32 bits per heavy atom. The van der Waals surface area contributed by atoms with Crippen molar-refractivity contribution in [2.45, 2.75) is 32.6 Å². The number of aromatic nitrogens is 2. The molecule has 0 aliphatic carbocycles. The van der Waals surface area contributed by atoms with Crippen LogP contribution in [0.2, 0.25) is 0 Å². The molecule has 0 bridgehead atoms. The first-order valence-corrected chi connectivity index (χ1v) is 7.69. The first-order valence-electron chi connectivity index (χ1n) is 6.90. The molecule has 19 heavy (non-hydrogen) atoms. The normalized spacial score (nSPS) is 13.4. The van der Waals surface area contributed by atoms with E-state index in [9.17, 15) is 0 Å². The standard InChI is InChI=1S/C15H18BrN3/c1-2-3-4-14-13-9-10-17-15(13)19(18-14)12-7-5-11(16)6-8-12/h5-8,17H,2-4,9-10H2,1H3. The molecule has 0 fully saturated rings. The van der Waals surface area contributed by atoms with E-state index in [0.29, 0.717) is 0 Å². The maximum absolute atomic E-state index is 4.81. The molecule has 1 N–H and O–H groups in total. The monoisotopic (exact) mass is 319 g/mol. The number of benzene rings is 1. The molecule has 3 nitrogen and oxygen atoms in total. The first-order chi connectivity index (χ1) is 9.29. The predicted molar refractivity (Wildman–Crippen MR) is 82.1 cm³/mol. The van der Waals surface area contributed by atoms with Gasteiger partial charge in [-0.25, -0.2) is 4.68 Å². The summed E-state index contributed by atoms with van der Waals surface area (Å²) in [7, 11) is 0. The van der Waals surface area contributed by atoms with E-state index < -0.39 is 0 Å². The Labute approximate surface area is 122 Å². The van der Waals surface area contributed by atoms with Gasteiger partial charge in [-0.2, -0.15) is 5.10 Å². The van der Waals surface area contributed by atoms with Gasteiger partial charge in [0.05, 0.1) is 11.4 Å². The van der Waals surface area contributed by atoms with Gasteiger partial charge in [0.25, 0.3) is 0 Å². The minimum atomic E-state index is 1.03. The molecule has 3 rings (SSSR count). The molecule has 1 aliphatic heterocycles. The van der Waals surface area contributed by atoms with E-state index in [1.54, 1.807) is 0 Å². The van der Waals surface area contributed by atoms with Crippen LogP contribution in [0.15, 0.2) is 28.7 Å². The van der Waals surface area contributed by atoms with Crippen LogP contribution in [0.1, 0.15) is 31.0 Å². The fourth-order valence-corrected chi connectivity index (χ4v) is 2.82. The lowest BCUT2D eigenvalue weighted by Crippen LogP contribution is -2.04. The third-order valence-corrected chi connectivity index (χ3v) is 4.10. The highest BCUT2D eigenvalue weighted by atomic mass is 79.9. The highest BCUT2D eigenvalue weighted by molar-refractivity contribution is 9.10. The second kappa shape index (κ2) is 5.37. The van der Waals surface area contributed by atoms with E-state index in [-0.39, 0.29) is 0 Å². The third kappa shape index (κ3) is 2.41. The van der Waals surface area contributed by atoms with Crippen molar-refractivity contribution in [1.29, 1.82) is 0 Å². The Bertz CT molecular complexity index is 572. The molecule has 0 saturated carbocycles. The fourth-order valence-electron chi connectivity index (χ4n) is 2.56. The average Bonchev–Trinajstić information content (AvgIpc) is 3.00. The number of halogens is 1. The molecule has 2 heterocycles. The third-order valence-electron chi connectivity index (χ3n) is 3.57. The van der Waals surface area contributed by atoms with E-state index >= 15 is 0 Å². The van der Waals surface area contributed by atoms with Gasteiger partial charge in [-0.05, 0) is 43.5 Å². The van der Waals surface area contributed by atoms with E-state index in [2.05, 4.69) is 57.1 Å². The largest absolute Gasteiger partial charge is 0.369 e. The number of aryl methyl sites for hydroxylation is 1. The number of hydrogen-bond donors (Lipinski definition) is 1. The second-order valence-electron chi connectivity index (χ2n) is 4.94. The van der Waals surface area contributed by atoms with Crippen LogP contribution in [0, 0.1) is 0 Å². The van der Waals surface area contributed by atoms with Gasteiger partial charge in [-0.15, -0.1) is 0 Å². The van der Waals surface area contributed by atoms with Gasteiger partial charge in [-0.3, -0.25) is 0 Å². The van der Waals surface area contributed by atoms with Crippen molar-refractivity contribution in [3.63, 3.8) is 0 Å². The number of nitrogens with one attached hydrogen (secondary N) is 1. The van der Waals surface area contributed by atoms with Gasteiger partial charge in [0, 0.05) is 16.6 Å². The number of unbranched alkanes of at least 4 members (excludes halogenated alkanes) is 1. The maximum atomic E-state index is 4.81. The summed E-state index contributed by atoms with van der Waals surface area (Å²) >= 11 is 3.47. The Morgan fingerprint density at radius 2 is 2.11 bits per heavy atom. The molecule has 0 spiro atoms. The summed E-state index contributed by atoms with van der Waals surface area (Å²) in [5.41, 5.74) is 3.80. The topological polar surface area (TPSA) is 29.9 Å². The predicted octanol–water partition coefficient (Wildman–Crippen LogP) is 3.95. The summed E-state index contributed by atoms with van der Waals surface area (Å²) in [5, 5.41) is 8.28. The Balaban J connectivity index is 1.99. The second-order valence-corrected chi connectivity index (χ2v) is 5.86. The van der Waals surface area contributed by atoms with Crippen LogP contribution in [0.3, 0.4) is 0 Å². The lowest BCUT2D eigenvalue weighted by molar-refractivity contribution is 0.744. The molecule has 100 valence electrons. The number of hydrogen-bond acceptors (Lipinski definition) is 2. The van der Waals surface area contributed by atoms with Gasteiger partial charge >= 0.3 is 0 Å². The van der Waals surface area contributed by atoms with Crippen LogP contribution in [0.5, 0.6) is 0 Å². The van der Waals surface area contributed by atoms with Crippen LogP contribution in [-0.2, 0) is 12.8 Å². The van der Waals surface area contributed by atoms with Crippen LogP contribution in [0.25, 0.3) is 5.69 Å². The molecule has 2 aromatic rings. The smallest absolute Gasteiger partial charge is 0.133 e. The van der Waals surface area contributed by atoms with Crippen LogP contribution in [0.4, 0.5) is 5.82 Å². The van der Waals surface area contributed by atoms with E-state index in [1.165, 1.54) is 29.9 Å². The van der Waals surface area contributed by atoms with E-state index in [0.717, 1.165) is 29.5 Å². The SMILES string of the molecule is CCCCc1nn(-c2ccc(Br)cc2)c2c1CCN2. The lowest BCUT2D eigenvalue weighted by Gasteiger charge is -2.06. The van der Waals surface area contributed by atoms with Crippen molar-refractivity contribution in [1.82, 2.24) is 9.78 Å². The zero-order valence-corrected chi connectivity index (χ0v) is 12.7. The van der Waals surface area contributed by atoms with Crippen LogP contribution < -0.4 is 5.32 Å². The molecule has 4 heteroatoms. The average molecular weight is 320 g/mol. The van der Waals surface area contributed by atoms with Crippen molar-refractivity contribution in [2.24, 2.45) is 0 Å².